The van der Waals surface area contributed by atoms with Gasteiger partial charge in [0.15, 0.2) is 5.78 Å². The zero-order valence-corrected chi connectivity index (χ0v) is 14.4. The third-order valence-corrected chi connectivity index (χ3v) is 4.85. The molecule has 2 atom stereocenters. The van der Waals surface area contributed by atoms with Crippen LogP contribution < -0.4 is 0 Å². The van der Waals surface area contributed by atoms with Crippen LogP contribution in [0.1, 0.15) is 70.3 Å². The minimum atomic E-state index is -0.375. The SMILES string of the molecule is CC[C@@H](C)OC(=O)c1[nH]c2c(c1C)C(=O)C[C@@H](c1ccccc1)C2. The molecular formula is C20H23NO3. The summed E-state index contributed by atoms with van der Waals surface area (Å²) in [5.41, 5.74) is 3.83. The molecule has 0 spiro atoms. The predicted molar refractivity (Wildman–Crippen MR) is 92.5 cm³/mol. The molecule has 1 aromatic heterocycles. The molecule has 0 fully saturated rings. The summed E-state index contributed by atoms with van der Waals surface area (Å²) in [5.74, 6) is -0.121. The van der Waals surface area contributed by atoms with E-state index in [1.165, 1.54) is 0 Å². The molecule has 1 aromatic carbocycles. The zero-order chi connectivity index (χ0) is 17.3. The number of rotatable bonds is 4. The lowest BCUT2D eigenvalue weighted by molar-refractivity contribution is 0.0327. The minimum Gasteiger partial charge on any atom is -0.458 e. The topological polar surface area (TPSA) is 59.2 Å². The lowest BCUT2D eigenvalue weighted by atomic mass is 9.81. The molecule has 3 rings (SSSR count). The summed E-state index contributed by atoms with van der Waals surface area (Å²) in [6, 6.07) is 10.1. The molecule has 1 N–H and O–H groups in total. The van der Waals surface area contributed by atoms with Crippen molar-refractivity contribution in [3.05, 3.63) is 58.4 Å². The van der Waals surface area contributed by atoms with Crippen LogP contribution in [0.5, 0.6) is 0 Å². The molecule has 1 aliphatic rings. The number of aromatic nitrogens is 1. The van der Waals surface area contributed by atoms with Gasteiger partial charge in [0, 0.05) is 17.7 Å². The average Bonchev–Trinajstić information content (AvgIpc) is 2.93. The number of fused-ring (bicyclic) bond motifs is 1. The highest BCUT2D eigenvalue weighted by molar-refractivity contribution is 6.03. The molecule has 0 saturated carbocycles. The average molecular weight is 325 g/mol. The van der Waals surface area contributed by atoms with Gasteiger partial charge in [-0.1, -0.05) is 37.3 Å². The number of ether oxygens (including phenoxy) is 1. The maximum Gasteiger partial charge on any atom is 0.355 e. The minimum absolute atomic E-state index is 0.0986. The first-order chi connectivity index (χ1) is 11.5. The van der Waals surface area contributed by atoms with Crippen molar-refractivity contribution in [3.8, 4) is 0 Å². The maximum atomic E-state index is 12.6. The number of esters is 1. The largest absolute Gasteiger partial charge is 0.458 e. The van der Waals surface area contributed by atoms with Crippen molar-refractivity contribution in [3.63, 3.8) is 0 Å². The Kier molecular flexibility index (Phi) is 4.56. The Morgan fingerprint density at radius 3 is 2.67 bits per heavy atom. The smallest absolute Gasteiger partial charge is 0.355 e. The number of carbonyl (C=O) groups excluding carboxylic acids is 2. The van der Waals surface area contributed by atoms with E-state index >= 15 is 0 Å². The van der Waals surface area contributed by atoms with Gasteiger partial charge in [-0.2, -0.15) is 0 Å². The fourth-order valence-corrected chi connectivity index (χ4v) is 3.32. The van der Waals surface area contributed by atoms with Crippen molar-refractivity contribution < 1.29 is 14.3 Å². The standard InChI is InChI=1S/C20H23NO3/c1-4-12(2)24-20(23)19-13(3)18-16(21-19)10-15(11-17(18)22)14-8-6-5-7-9-14/h5-9,12,15,21H,4,10-11H2,1-3H3/t12-,15+/m1/s1. The van der Waals surface area contributed by atoms with Gasteiger partial charge in [-0.05, 0) is 43.7 Å². The number of ketones is 1. The molecule has 0 unspecified atom stereocenters. The van der Waals surface area contributed by atoms with Crippen molar-refractivity contribution in [1.29, 1.82) is 0 Å². The third-order valence-electron chi connectivity index (χ3n) is 4.85. The summed E-state index contributed by atoms with van der Waals surface area (Å²) in [7, 11) is 0. The summed E-state index contributed by atoms with van der Waals surface area (Å²) in [4.78, 5) is 28.1. The molecule has 0 bridgehead atoms. The highest BCUT2D eigenvalue weighted by Crippen LogP contribution is 2.35. The van der Waals surface area contributed by atoms with Gasteiger partial charge in [0.05, 0.1) is 6.10 Å². The first kappa shape index (κ1) is 16.5. The zero-order valence-electron chi connectivity index (χ0n) is 14.4. The molecule has 0 amide bonds. The number of benzene rings is 1. The van der Waals surface area contributed by atoms with Gasteiger partial charge in [-0.25, -0.2) is 4.79 Å². The fourth-order valence-electron chi connectivity index (χ4n) is 3.32. The maximum absolute atomic E-state index is 12.6. The van der Waals surface area contributed by atoms with Crippen molar-refractivity contribution in [2.75, 3.05) is 0 Å². The van der Waals surface area contributed by atoms with Crippen molar-refractivity contribution in [2.45, 2.75) is 52.1 Å². The Labute approximate surface area is 142 Å². The van der Waals surface area contributed by atoms with Gasteiger partial charge in [0.25, 0.3) is 0 Å². The van der Waals surface area contributed by atoms with E-state index < -0.39 is 0 Å². The Morgan fingerprint density at radius 1 is 1.29 bits per heavy atom. The van der Waals surface area contributed by atoms with Gasteiger partial charge in [0.1, 0.15) is 5.69 Å². The molecule has 4 nitrogen and oxygen atoms in total. The van der Waals surface area contributed by atoms with Crippen molar-refractivity contribution in [1.82, 2.24) is 4.98 Å². The summed E-state index contributed by atoms with van der Waals surface area (Å²) in [6.07, 6.45) is 1.85. The molecule has 126 valence electrons. The molecule has 0 aliphatic heterocycles. The Hall–Kier alpha value is -2.36. The summed E-state index contributed by atoms with van der Waals surface area (Å²) < 4.78 is 5.41. The Morgan fingerprint density at radius 2 is 2.00 bits per heavy atom. The summed E-state index contributed by atoms with van der Waals surface area (Å²) in [6.45, 7) is 5.66. The predicted octanol–water partition coefficient (Wildman–Crippen LogP) is 4.19. The van der Waals surface area contributed by atoms with Crippen LogP contribution in [0.3, 0.4) is 0 Å². The van der Waals surface area contributed by atoms with Crippen LogP contribution in [0.4, 0.5) is 0 Å². The van der Waals surface area contributed by atoms with E-state index in [4.69, 9.17) is 4.74 Å². The van der Waals surface area contributed by atoms with Gasteiger partial charge in [-0.3, -0.25) is 4.79 Å². The normalized spacial score (nSPS) is 18.1. The van der Waals surface area contributed by atoms with Gasteiger partial charge in [-0.15, -0.1) is 0 Å². The molecule has 1 aliphatic carbocycles. The number of Topliss-reactive ketones (excluding diaryl/α,β-unsaturated/α-hetero) is 1. The monoisotopic (exact) mass is 325 g/mol. The second-order valence-electron chi connectivity index (χ2n) is 6.54. The molecule has 0 radical (unpaired) electrons. The van der Waals surface area contributed by atoms with Crippen molar-refractivity contribution >= 4 is 11.8 Å². The lowest BCUT2D eigenvalue weighted by Crippen LogP contribution is -2.18. The second kappa shape index (κ2) is 6.63. The first-order valence-corrected chi connectivity index (χ1v) is 8.51. The number of nitrogens with one attached hydrogen (secondary N) is 1. The Bertz CT molecular complexity index is 761. The van der Waals surface area contributed by atoms with E-state index in [-0.39, 0.29) is 23.8 Å². The van der Waals surface area contributed by atoms with Crippen molar-refractivity contribution in [2.24, 2.45) is 0 Å². The first-order valence-electron chi connectivity index (χ1n) is 8.51. The summed E-state index contributed by atoms with van der Waals surface area (Å²) in [5, 5.41) is 0. The van der Waals surface area contributed by atoms with Crippen LogP contribution in [0, 0.1) is 6.92 Å². The highest BCUT2D eigenvalue weighted by atomic mass is 16.5. The van der Waals surface area contributed by atoms with E-state index in [2.05, 4.69) is 17.1 Å². The van der Waals surface area contributed by atoms with Gasteiger partial charge < -0.3 is 9.72 Å². The number of hydrogen-bond acceptors (Lipinski definition) is 3. The third kappa shape index (κ3) is 3.01. The fraction of sp³-hybridized carbons (Fsp3) is 0.400. The lowest BCUT2D eigenvalue weighted by Gasteiger charge is -2.22. The van der Waals surface area contributed by atoms with E-state index in [0.29, 0.717) is 17.7 Å². The van der Waals surface area contributed by atoms with E-state index in [1.807, 2.05) is 39.0 Å². The second-order valence-corrected chi connectivity index (χ2v) is 6.54. The van der Waals surface area contributed by atoms with Crippen LogP contribution in [-0.4, -0.2) is 22.8 Å². The molecule has 1 heterocycles. The van der Waals surface area contributed by atoms with Gasteiger partial charge in [0.2, 0.25) is 0 Å². The van der Waals surface area contributed by atoms with Crippen LogP contribution in [0.15, 0.2) is 30.3 Å². The summed E-state index contributed by atoms with van der Waals surface area (Å²) >= 11 is 0. The molecule has 2 aromatic rings. The van der Waals surface area contributed by atoms with Crippen LogP contribution in [0.25, 0.3) is 0 Å². The van der Waals surface area contributed by atoms with Crippen LogP contribution in [0.2, 0.25) is 0 Å². The van der Waals surface area contributed by atoms with Crippen LogP contribution >= 0.6 is 0 Å². The van der Waals surface area contributed by atoms with Crippen LogP contribution in [-0.2, 0) is 11.2 Å². The Balaban J connectivity index is 1.90. The quantitative estimate of drug-likeness (QED) is 0.857. The number of H-pyrrole nitrogens is 1. The number of hydrogen-bond donors (Lipinski definition) is 1. The number of aromatic amines is 1. The van der Waals surface area contributed by atoms with E-state index in [9.17, 15) is 9.59 Å². The molecular weight excluding hydrogens is 302 g/mol. The molecule has 0 saturated heterocycles. The molecule has 24 heavy (non-hydrogen) atoms. The highest BCUT2D eigenvalue weighted by Gasteiger charge is 2.32. The van der Waals surface area contributed by atoms with E-state index in [0.717, 1.165) is 29.7 Å². The molecule has 4 heteroatoms. The number of carbonyl (C=O) groups is 2. The van der Waals surface area contributed by atoms with Gasteiger partial charge >= 0.3 is 5.97 Å². The van der Waals surface area contributed by atoms with E-state index in [1.54, 1.807) is 0 Å².